The second-order valence-electron chi connectivity index (χ2n) is 9.31. The number of anilines is 1. The van der Waals surface area contributed by atoms with Crippen LogP contribution in [0.5, 0.6) is 17.2 Å². The number of fused-ring (bicyclic) bond motifs is 1. The Morgan fingerprint density at radius 2 is 1.71 bits per heavy atom. The first kappa shape index (κ1) is 27.3. The van der Waals surface area contributed by atoms with E-state index in [0.29, 0.717) is 34.4 Å². The number of likely N-dealkylation sites (N-methyl/N-ethyl adjacent to an activating group) is 1. The third-order valence-corrected chi connectivity index (χ3v) is 7.42. The number of nitriles is 1. The first-order valence-electron chi connectivity index (χ1n) is 12.2. The number of pyridine rings is 1. The fourth-order valence-electron chi connectivity index (χ4n) is 4.78. The average molecular weight is 533 g/mol. The first-order chi connectivity index (χ1) is 18.3. The maximum absolute atomic E-state index is 12.8. The van der Waals surface area contributed by atoms with E-state index in [1.807, 2.05) is 39.1 Å². The van der Waals surface area contributed by atoms with Crippen LogP contribution in [-0.2, 0) is 17.8 Å². The SMILES string of the molecule is COc1cc(OC)c(-c2c(C#N)c(SCC(=O)Nc3cc(C)cc(C)c3)nc3c2CN(C)CC3)cc1OC. The lowest BCUT2D eigenvalue weighted by atomic mass is 9.91. The Morgan fingerprint density at radius 1 is 1.05 bits per heavy atom. The summed E-state index contributed by atoms with van der Waals surface area (Å²) in [6.07, 6.45) is 0.739. The van der Waals surface area contributed by atoms with Crippen molar-refractivity contribution in [2.45, 2.75) is 31.8 Å². The Hall–Kier alpha value is -3.74. The highest BCUT2D eigenvalue weighted by Crippen LogP contribution is 2.45. The third-order valence-electron chi connectivity index (χ3n) is 6.44. The van der Waals surface area contributed by atoms with Crippen molar-refractivity contribution < 1.29 is 19.0 Å². The zero-order valence-corrected chi connectivity index (χ0v) is 23.4. The second-order valence-corrected chi connectivity index (χ2v) is 10.3. The van der Waals surface area contributed by atoms with Crippen molar-refractivity contribution >= 4 is 23.4 Å². The highest BCUT2D eigenvalue weighted by Gasteiger charge is 2.28. The number of thioether (sulfide) groups is 1. The molecule has 0 spiro atoms. The van der Waals surface area contributed by atoms with Gasteiger partial charge < -0.3 is 24.4 Å². The number of aryl methyl sites for hydroxylation is 2. The van der Waals surface area contributed by atoms with E-state index in [0.717, 1.165) is 52.2 Å². The van der Waals surface area contributed by atoms with Crippen molar-refractivity contribution in [3.05, 3.63) is 58.3 Å². The third kappa shape index (κ3) is 5.72. The van der Waals surface area contributed by atoms with Gasteiger partial charge in [-0.3, -0.25) is 4.79 Å². The standard InChI is InChI=1S/C29H32N4O4S/c1-17-9-18(2)11-19(10-17)31-27(34)16-38-29-21(14-30)28(22-15-33(3)8-7-23(22)32-29)20-12-25(36-5)26(37-6)13-24(20)35-4/h9-13H,7-8,15-16H2,1-6H3,(H,31,34). The van der Waals surface area contributed by atoms with E-state index in [-0.39, 0.29) is 11.7 Å². The summed E-state index contributed by atoms with van der Waals surface area (Å²) in [5.41, 5.74) is 6.69. The lowest BCUT2D eigenvalue weighted by molar-refractivity contribution is -0.113. The number of nitrogens with zero attached hydrogens (tertiary/aromatic N) is 3. The number of methoxy groups -OCH3 is 3. The molecule has 0 unspecified atom stereocenters. The molecule has 2 heterocycles. The van der Waals surface area contributed by atoms with Crippen LogP contribution in [0.1, 0.15) is 27.9 Å². The minimum absolute atomic E-state index is 0.121. The fraction of sp³-hybridized carbons (Fsp3) is 0.345. The molecule has 8 nitrogen and oxygen atoms in total. The molecule has 38 heavy (non-hydrogen) atoms. The predicted molar refractivity (Wildman–Crippen MR) is 149 cm³/mol. The molecule has 3 aromatic rings. The van der Waals surface area contributed by atoms with Crippen molar-refractivity contribution in [1.82, 2.24) is 9.88 Å². The maximum Gasteiger partial charge on any atom is 0.234 e. The first-order valence-corrected chi connectivity index (χ1v) is 13.2. The Kier molecular flexibility index (Phi) is 8.45. The Bertz CT molecular complexity index is 1400. The van der Waals surface area contributed by atoms with Crippen molar-refractivity contribution in [3.63, 3.8) is 0 Å². The molecule has 9 heteroatoms. The van der Waals surface area contributed by atoms with E-state index in [4.69, 9.17) is 19.2 Å². The van der Waals surface area contributed by atoms with Crippen molar-refractivity contribution in [2.24, 2.45) is 0 Å². The largest absolute Gasteiger partial charge is 0.496 e. The molecule has 198 valence electrons. The molecular weight excluding hydrogens is 500 g/mol. The van der Waals surface area contributed by atoms with Crippen LogP contribution in [0.2, 0.25) is 0 Å². The molecule has 0 aliphatic carbocycles. The van der Waals surface area contributed by atoms with Gasteiger partial charge in [-0.15, -0.1) is 0 Å². The van der Waals surface area contributed by atoms with Gasteiger partial charge in [0.15, 0.2) is 11.5 Å². The highest BCUT2D eigenvalue weighted by atomic mass is 32.2. The van der Waals surface area contributed by atoms with Gasteiger partial charge in [0.2, 0.25) is 5.91 Å². The maximum atomic E-state index is 12.8. The van der Waals surface area contributed by atoms with Gasteiger partial charge in [0, 0.05) is 48.1 Å². The molecule has 1 amide bonds. The summed E-state index contributed by atoms with van der Waals surface area (Å²) in [5.74, 6) is 1.58. The number of rotatable bonds is 8. The summed E-state index contributed by atoms with van der Waals surface area (Å²) in [4.78, 5) is 19.9. The van der Waals surface area contributed by atoms with Crippen LogP contribution < -0.4 is 19.5 Å². The van der Waals surface area contributed by atoms with E-state index >= 15 is 0 Å². The number of hydrogen-bond acceptors (Lipinski definition) is 8. The number of nitrogens with one attached hydrogen (secondary N) is 1. The van der Waals surface area contributed by atoms with Gasteiger partial charge in [0.25, 0.3) is 0 Å². The Morgan fingerprint density at radius 3 is 2.34 bits per heavy atom. The quantitative estimate of drug-likeness (QED) is 0.406. The predicted octanol–water partition coefficient (Wildman–Crippen LogP) is 4.98. The molecule has 0 saturated heterocycles. The van der Waals surface area contributed by atoms with Crippen molar-refractivity contribution in [3.8, 4) is 34.4 Å². The van der Waals surface area contributed by atoms with Gasteiger partial charge in [-0.05, 0) is 55.8 Å². The summed E-state index contributed by atoms with van der Waals surface area (Å²) in [6.45, 7) is 5.48. The molecule has 0 radical (unpaired) electrons. The van der Waals surface area contributed by atoms with Gasteiger partial charge in [-0.2, -0.15) is 5.26 Å². The molecular formula is C29H32N4O4S. The molecule has 0 fully saturated rings. The monoisotopic (exact) mass is 532 g/mol. The molecule has 1 aliphatic heterocycles. The van der Waals surface area contributed by atoms with E-state index in [9.17, 15) is 10.1 Å². The summed E-state index contributed by atoms with van der Waals surface area (Å²) in [7, 11) is 6.78. The molecule has 1 N–H and O–H groups in total. The number of aromatic nitrogens is 1. The van der Waals surface area contributed by atoms with E-state index in [1.165, 1.54) is 11.8 Å². The molecule has 1 aromatic heterocycles. The van der Waals surface area contributed by atoms with Crippen molar-refractivity contribution in [2.75, 3.05) is 46.0 Å². The van der Waals surface area contributed by atoms with E-state index < -0.39 is 0 Å². The molecule has 2 aromatic carbocycles. The fourth-order valence-corrected chi connectivity index (χ4v) is 5.59. The minimum atomic E-state index is -0.159. The number of hydrogen-bond donors (Lipinski definition) is 1. The Labute approximate surface area is 227 Å². The topological polar surface area (TPSA) is 96.7 Å². The number of ether oxygens (including phenoxy) is 3. The van der Waals surface area contributed by atoms with E-state index in [1.54, 1.807) is 27.4 Å². The van der Waals surface area contributed by atoms with Crippen LogP contribution in [0, 0.1) is 25.2 Å². The minimum Gasteiger partial charge on any atom is -0.496 e. The van der Waals surface area contributed by atoms with Crippen LogP contribution >= 0.6 is 11.8 Å². The van der Waals surface area contributed by atoms with Crippen LogP contribution in [0.25, 0.3) is 11.1 Å². The van der Waals surface area contributed by atoms with Crippen molar-refractivity contribution in [1.29, 1.82) is 5.26 Å². The molecule has 0 bridgehead atoms. The lowest BCUT2D eigenvalue weighted by Gasteiger charge is -2.28. The van der Waals surface area contributed by atoms with Crippen LogP contribution in [0.4, 0.5) is 5.69 Å². The molecule has 0 atom stereocenters. The normalized spacial score (nSPS) is 12.9. The van der Waals surface area contributed by atoms with Gasteiger partial charge >= 0.3 is 0 Å². The summed E-state index contributed by atoms with van der Waals surface area (Å²) >= 11 is 1.26. The number of benzene rings is 2. The second kappa shape index (κ2) is 11.8. The van der Waals surface area contributed by atoms with Gasteiger partial charge in [0.05, 0.1) is 32.6 Å². The summed E-state index contributed by atoms with van der Waals surface area (Å²) in [5, 5.41) is 13.9. The van der Waals surface area contributed by atoms with Crippen LogP contribution in [0.3, 0.4) is 0 Å². The lowest BCUT2D eigenvalue weighted by Crippen LogP contribution is -2.28. The highest BCUT2D eigenvalue weighted by molar-refractivity contribution is 8.00. The van der Waals surface area contributed by atoms with Crippen LogP contribution in [0.15, 0.2) is 35.4 Å². The molecule has 0 saturated carbocycles. The Balaban J connectivity index is 1.77. The van der Waals surface area contributed by atoms with Gasteiger partial charge in [-0.1, -0.05) is 17.8 Å². The number of carbonyl (C=O) groups is 1. The van der Waals surface area contributed by atoms with E-state index in [2.05, 4.69) is 22.4 Å². The molecule has 4 rings (SSSR count). The van der Waals surface area contributed by atoms with Crippen LogP contribution in [-0.4, -0.2) is 56.5 Å². The summed E-state index contributed by atoms with van der Waals surface area (Å²) < 4.78 is 16.8. The van der Waals surface area contributed by atoms with Gasteiger partial charge in [0.1, 0.15) is 16.8 Å². The number of amides is 1. The smallest absolute Gasteiger partial charge is 0.234 e. The zero-order chi connectivity index (χ0) is 27.4. The number of carbonyl (C=O) groups excluding carboxylic acids is 1. The zero-order valence-electron chi connectivity index (χ0n) is 22.6. The summed E-state index contributed by atoms with van der Waals surface area (Å²) in [6, 6.07) is 11.9. The molecule has 1 aliphatic rings. The average Bonchev–Trinajstić information content (AvgIpc) is 2.89. The van der Waals surface area contributed by atoms with Gasteiger partial charge in [-0.25, -0.2) is 4.98 Å².